The first-order valence-electron chi connectivity index (χ1n) is 6.02. The Morgan fingerprint density at radius 3 is 3.17 bits per heavy atom. The van der Waals surface area contributed by atoms with E-state index < -0.39 is 5.82 Å². The quantitative estimate of drug-likeness (QED) is 0.842. The number of fused-ring (bicyclic) bond motifs is 1. The highest BCUT2D eigenvalue weighted by Crippen LogP contribution is 2.32. The molecule has 0 radical (unpaired) electrons. The van der Waals surface area contributed by atoms with Crippen LogP contribution in [0.4, 0.5) is 10.2 Å². The molecule has 2 saturated heterocycles. The lowest BCUT2D eigenvalue weighted by atomic mass is 9.91. The molecule has 2 unspecified atom stereocenters. The summed E-state index contributed by atoms with van der Waals surface area (Å²) < 4.78 is 13.9. The minimum Gasteiger partial charge on any atom is -0.354 e. The zero-order valence-corrected chi connectivity index (χ0v) is 10.5. The molecule has 2 atom stereocenters. The summed E-state index contributed by atoms with van der Waals surface area (Å²) in [5, 5.41) is 3.12. The van der Waals surface area contributed by atoms with Crippen LogP contribution < -0.4 is 10.2 Å². The van der Waals surface area contributed by atoms with Crippen molar-refractivity contribution in [1.29, 1.82) is 0 Å². The van der Waals surface area contributed by atoms with Crippen LogP contribution in [-0.2, 0) is 4.79 Å². The van der Waals surface area contributed by atoms with E-state index in [1.165, 1.54) is 12.3 Å². The second-order valence-corrected chi connectivity index (χ2v) is 5.15. The van der Waals surface area contributed by atoms with Gasteiger partial charge in [-0.15, -0.1) is 0 Å². The average molecular weight is 270 g/mol. The topological polar surface area (TPSA) is 45.2 Å². The number of hydrogen-bond donors (Lipinski definition) is 1. The van der Waals surface area contributed by atoms with Gasteiger partial charge in [-0.3, -0.25) is 4.79 Å². The number of rotatable bonds is 1. The largest absolute Gasteiger partial charge is 0.354 e. The Kier molecular flexibility index (Phi) is 2.86. The van der Waals surface area contributed by atoms with Crippen molar-refractivity contribution in [2.75, 3.05) is 18.0 Å². The normalized spacial score (nSPS) is 27.0. The fourth-order valence-corrected chi connectivity index (χ4v) is 2.98. The summed E-state index contributed by atoms with van der Waals surface area (Å²) in [5.41, 5.74) is 0. The molecule has 18 heavy (non-hydrogen) atoms. The highest BCUT2D eigenvalue weighted by Gasteiger charge is 2.41. The number of aromatic nitrogens is 1. The molecule has 1 N–H and O–H groups in total. The molecule has 1 amide bonds. The van der Waals surface area contributed by atoms with Gasteiger partial charge in [-0.25, -0.2) is 9.37 Å². The Labute approximate surface area is 109 Å². The SMILES string of the molecule is O=C1NCC2C1CCCN2c1ncc(Cl)cc1F. The molecule has 1 aromatic rings. The van der Waals surface area contributed by atoms with Gasteiger partial charge in [0.05, 0.1) is 17.0 Å². The molecule has 3 rings (SSSR count). The van der Waals surface area contributed by atoms with E-state index in [4.69, 9.17) is 11.6 Å². The van der Waals surface area contributed by atoms with Crippen molar-refractivity contribution in [3.8, 4) is 0 Å². The Bertz CT molecular complexity index is 496. The molecule has 2 aliphatic rings. The Morgan fingerprint density at radius 2 is 2.39 bits per heavy atom. The lowest BCUT2D eigenvalue weighted by molar-refractivity contribution is -0.123. The van der Waals surface area contributed by atoms with Gasteiger partial charge in [0.15, 0.2) is 11.6 Å². The number of pyridine rings is 1. The maximum atomic E-state index is 13.9. The van der Waals surface area contributed by atoms with Crippen molar-refractivity contribution in [2.24, 2.45) is 5.92 Å². The second kappa shape index (κ2) is 4.39. The molecule has 0 spiro atoms. The van der Waals surface area contributed by atoms with E-state index >= 15 is 0 Å². The van der Waals surface area contributed by atoms with Crippen molar-refractivity contribution in [3.05, 3.63) is 23.1 Å². The van der Waals surface area contributed by atoms with Crippen LogP contribution in [0.25, 0.3) is 0 Å². The van der Waals surface area contributed by atoms with E-state index in [0.29, 0.717) is 12.4 Å². The Hall–Kier alpha value is -1.36. The maximum Gasteiger partial charge on any atom is 0.225 e. The minimum absolute atomic E-state index is 0.00873. The minimum atomic E-state index is -0.428. The van der Waals surface area contributed by atoms with Crippen molar-refractivity contribution in [2.45, 2.75) is 18.9 Å². The van der Waals surface area contributed by atoms with Crippen LogP contribution in [0.5, 0.6) is 0 Å². The number of amides is 1. The molecule has 0 aliphatic carbocycles. The number of nitrogens with zero attached hydrogens (tertiary/aromatic N) is 2. The van der Waals surface area contributed by atoms with Gasteiger partial charge in [0, 0.05) is 19.3 Å². The molecule has 2 fully saturated rings. The predicted molar refractivity (Wildman–Crippen MR) is 66.1 cm³/mol. The van der Waals surface area contributed by atoms with Crippen LogP contribution in [0, 0.1) is 11.7 Å². The van der Waals surface area contributed by atoms with E-state index in [0.717, 1.165) is 19.4 Å². The van der Waals surface area contributed by atoms with Crippen LogP contribution in [0.2, 0.25) is 5.02 Å². The molecular formula is C12H13ClFN3O. The summed E-state index contributed by atoms with van der Waals surface area (Å²) in [6.45, 7) is 1.29. The number of carbonyl (C=O) groups is 1. The fraction of sp³-hybridized carbons (Fsp3) is 0.500. The standard InChI is InChI=1S/C12H13ClFN3O/c13-7-4-9(14)11(15-5-7)17-3-1-2-8-10(17)6-16-12(8)18/h4-5,8,10H,1-3,6H2,(H,16,18). The van der Waals surface area contributed by atoms with Crippen molar-refractivity contribution < 1.29 is 9.18 Å². The van der Waals surface area contributed by atoms with E-state index in [-0.39, 0.29) is 22.9 Å². The average Bonchev–Trinajstić information content (AvgIpc) is 2.72. The maximum absolute atomic E-state index is 13.9. The fourth-order valence-electron chi connectivity index (χ4n) is 2.83. The third kappa shape index (κ3) is 1.82. The predicted octanol–water partition coefficient (Wildman–Crippen LogP) is 1.59. The molecule has 2 aliphatic heterocycles. The number of halogens is 2. The molecule has 96 valence electrons. The van der Waals surface area contributed by atoms with Gasteiger partial charge in [0.1, 0.15) is 0 Å². The molecule has 3 heterocycles. The molecule has 0 aromatic carbocycles. The van der Waals surface area contributed by atoms with E-state index in [9.17, 15) is 9.18 Å². The zero-order valence-electron chi connectivity index (χ0n) is 9.70. The molecule has 0 saturated carbocycles. The van der Waals surface area contributed by atoms with Crippen molar-refractivity contribution >= 4 is 23.3 Å². The first-order valence-corrected chi connectivity index (χ1v) is 6.40. The molecule has 1 aromatic heterocycles. The smallest absolute Gasteiger partial charge is 0.225 e. The van der Waals surface area contributed by atoms with Gasteiger partial charge in [-0.1, -0.05) is 11.6 Å². The summed E-state index contributed by atoms with van der Waals surface area (Å²) in [6.07, 6.45) is 3.17. The number of hydrogen-bond acceptors (Lipinski definition) is 3. The highest BCUT2D eigenvalue weighted by molar-refractivity contribution is 6.30. The van der Waals surface area contributed by atoms with Crippen LogP contribution in [0.3, 0.4) is 0 Å². The molecule has 0 bridgehead atoms. The van der Waals surface area contributed by atoms with Gasteiger partial charge >= 0.3 is 0 Å². The number of carbonyl (C=O) groups excluding carboxylic acids is 1. The zero-order chi connectivity index (χ0) is 12.7. The van der Waals surface area contributed by atoms with E-state index in [2.05, 4.69) is 10.3 Å². The first kappa shape index (κ1) is 11.7. The van der Waals surface area contributed by atoms with Crippen LogP contribution >= 0.6 is 11.6 Å². The van der Waals surface area contributed by atoms with Gasteiger partial charge in [-0.05, 0) is 18.9 Å². The van der Waals surface area contributed by atoms with Crippen molar-refractivity contribution in [1.82, 2.24) is 10.3 Å². The van der Waals surface area contributed by atoms with E-state index in [1.807, 2.05) is 4.90 Å². The number of anilines is 1. The Balaban J connectivity index is 1.93. The van der Waals surface area contributed by atoms with Crippen LogP contribution in [0.15, 0.2) is 12.3 Å². The Morgan fingerprint density at radius 1 is 1.56 bits per heavy atom. The summed E-state index contributed by atoms with van der Waals surface area (Å²) in [5.74, 6) is -0.109. The highest BCUT2D eigenvalue weighted by atomic mass is 35.5. The van der Waals surface area contributed by atoms with Gasteiger partial charge in [-0.2, -0.15) is 0 Å². The lowest BCUT2D eigenvalue weighted by Crippen LogP contribution is -2.46. The molecular weight excluding hydrogens is 257 g/mol. The number of piperidine rings is 1. The second-order valence-electron chi connectivity index (χ2n) is 4.71. The summed E-state index contributed by atoms with van der Waals surface area (Å²) in [6, 6.07) is 1.27. The summed E-state index contributed by atoms with van der Waals surface area (Å²) in [4.78, 5) is 17.6. The lowest BCUT2D eigenvalue weighted by Gasteiger charge is -2.36. The molecule has 6 heteroatoms. The molecule has 4 nitrogen and oxygen atoms in total. The van der Waals surface area contributed by atoms with Gasteiger partial charge in [0.25, 0.3) is 0 Å². The summed E-state index contributed by atoms with van der Waals surface area (Å²) in [7, 11) is 0. The van der Waals surface area contributed by atoms with E-state index in [1.54, 1.807) is 0 Å². The van der Waals surface area contributed by atoms with Gasteiger partial charge in [0.2, 0.25) is 5.91 Å². The van der Waals surface area contributed by atoms with Crippen molar-refractivity contribution in [3.63, 3.8) is 0 Å². The third-order valence-electron chi connectivity index (χ3n) is 3.66. The monoisotopic (exact) mass is 269 g/mol. The first-order chi connectivity index (χ1) is 8.66. The summed E-state index contributed by atoms with van der Waals surface area (Å²) >= 11 is 5.70. The van der Waals surface area contributed by atoms with Crippen LogP contribution in [-0.4, -0.2) is 30.0 Å². The van der Waals surface area contributed by atoms with Crippen LogP contribution in [0.1, 0.15) is 12.8 Å². The van der Waals surface area contributed by atoms with Gasteiger partial charge < -0.3 is 10.2 Å². The number of nitrogens with one attached hydrogen (secondary N) is 1. The third-order valence-corrected chi connectivity index (χ3v) is 3.87.